The number of nitrogens with zero attached hydrogens (tertiary/aromatic N) is 5. The standard InChI is InChI=1S/C38H36N6O4S/c1-24-34(22-49-38-43-41-23-44(38)2)47-37(48-35(24)27-13-11-25(21-45)12-14-27)28-17-15-26(16-18-28)30-8-4-3-7-29(30)19-40-36(46)33-20-39-31-9-5-6-10-32(31)42-33/h3-18,20,23-24,34-35,37,45H,19,21-22H2,1-2H3,(H,40,46)/t24-,34+,35+,37+/m0/s1. The van der Waals surface area contributed by atoms with Crippen LogP contribution < -0.4 is 5.32 Å². The number of hydrogen-bond acceptors (Lipinski definition) is 9. The number of amides is 1. The van der Waals surface area contributed by atoms with Gasteiger partial charge in [-0.15, -0.1) is 10.2 Å². The van der Waals surface area contributed by atoms with E-state index in [1.54, 1.807) is 18.1 Å². The molecule has 4 atom stereocenters. The van der Waals surface area contributed by atoms with Crippen LogP contribution in [0.15, 0.2) is 115 Å². The van der Waals surface area contributed by atoms with E-state index in [-0.39, 0.29) is 36.3 Å². The molecule has 6 aromatic rings. The van der Waals surface area contributed by atoms with Gasteiger partial charge in [0.15, 0.2) is 11.4 Å². The monoisotopic (exact) mass is 672 g/mol. The van der Waals surface area contributed by atoms with E-state index >= 15 is 0 Å². The van der Waals surface area contributed by atoms with Crippen LogP contribution in [0.2, 0.25) is 0 Å². The zero-order valence-electron chi connectivity index (χ0n) is 27.1. The number of carbonyl (C=O) groups is 1. The number of aryl methyl sites for hydroxylation is 1. The molecule has 2 N–H and O–H groups in total. The first kappa shape index (κ1) is 32.6. The SMILES string of the molecule is C[C@H]1[C@@H](CSc2nncn2C)O[C@@H](c2ccc(-c3ccccc3CNC(=O)c3cnc4ccccc4n3)cc2)O[C@H]1c1ccc(CO)cc1. The molecule has 3 heterocycles. The Labute approximate surface area is 288 Å². The quantitative estimate of drug-likeness (QED) is 0.158. The summed E-state index contributed by atoms with van der Waals surface area (Å²) in [5.41, 5.74) is 7.49. The Balaban J connectivity index is 1.09. The van der Waals surface area contributed by atoms with Gasteiger partial charge >= 0.3 is 0 Å². The van der Waals surface area contributed by atoms with Gasteiger partial charge in [0.1, 0.15) is 12.0 Å². The Morgan fingerprint density at radius 1 is 0.918 bits per heavy atom. The van der Waals surface area contributed by atoms with Gasteiger partial charge in [-0.25, -0.2) is 4.98 Å². The number of hydrogen-bond donors (Lipinski definition) is 2. The van der Waals surface area contributed by atoms with Gasteiger partial charge in [0.05, 0.1) is 36.0 Å². The van der Waals surface area contributed by atoms with Crippen molar-refractivity contribution in [3.05, 3.63) is 138 Å². The summed E-state index contributed by atoms with van der Waals surface area (Å²) in [5, 5.41) is 21.6. The minimum atomic E-state index is -0.588. The minimum absolute atomic E-state index is 0.00888. The molecular formula is C38H36N6O4S. The van der Waals surface area contributed by atoms with Crippen LogP contribution in [0.4, 0.5) is 0 Å². The van der Waals surface area contributed by atoms with Crippen LogP contribution in [0.5, 0.6) is 0 Å². The topological polar surface area (TPSA) is 124 Å². The maximum absolute atomic E-state index is 13.0. The lowest BCUT2D eigenvalue weighted by Gasteiger charge is -2.41. The van der Waals surface area contributed by atoms with E-state index in [2.05, 4.69) is 44.5 Å². The highest BCUT2D eigenvalue weighted by Crippen LogP contribution is 2.43. The first-order valence-corrected chi connectivity index (χ1v) is 17.1. The number of benzene rings is 4. The first-order chi connectivity index (χ1) is 24.0. The van der Waals surface area contributed by atoms with Crippen molar-refractivity contribution >= 4 is 28.7 Å². The summed E-state index contributed by atoms with van der Waals surface area (Å²) in [4.78, 5) is 21.9. The molecule has 0 saturated carbocycles. The third kappa shape index (κ3) is 7.25. The van der Waals surface area contributed by atoms with E-state index in [9.17, 15) is 9.90 Å². The number of thioether (sulfide) groups is 1. The molecule has 0 radical (unpaired) electrons. The number of nitrogens with one attached hydrogen (secondary N) is 1. The number of aromatic nitrogens is 5. The molecule has 0 bridgehead atoms. The Kier molecular flexibility index (Phi) is 9.76. The lowest BCUT2D eigenvalue weighted by Crippen LogP contribution is -2.38. The predicted molar refractivity (Wildman–Crippen MR) is 187 cm³/mol. The van der Waals surface area contributed by atoms with Crippen LogP contribution in [0, 0.1) is 5.92 Å². The molecule has 4 aromatic carbocycles. The summed E-state index contributed by atoms with van der Waals surface area (Å²) in [5.74, 6) is 0.455. The third-order valence-corrected chi connectivity index (χ3v) is 9.92. The summed E-state index contributed by atoms with van der Waals surface area (Å²) in [6.07, 6.45) is 2.27. The molecule has 0 aliphatic carbocycles. The van der Waals surface area contributed by atoms with Gasteiger partial charge in [-0.2, -0.15) is 0 Å². The molecule has 248 valence electrons. The summed E-state index contributed by atoms with van der Waals surface area (Å²) in [6, 6.07) is 31.6. The highest BCUT2D eigenvalue weighted by molar-refractivity contribution is 7.99. The van der Waals surface area contributed by atoms with Crippen molar-refractivity contribution in [2.75, 3.05) is 5.75 Å². The average molecular weight is 673 g/mol. The van der Waals surface area contributed by atoms with Crippen molar-refractivity contribution in [2.24, 2.45) is 13.0 Å². The van der Waals surface area contributed by atoms with Crippen LogP contribution in [-0.4, -0.2) is 47.6 Å². The van der Waals surface area contributed by atoms with Gasteiger partial charge in [-0.1, -0.05) is 104 Å². The number of carbonyl (C=O) groups excluding carboxylic acids is 1. The highest BCUT2D eigenvalue weighted by atomic mass is 32.2. The number of aliphatic hydroxyl groups excluding tert-OH is 1. The number of ether oxygens (including phenoxy) is 2. The molecule has 0 spiro atoms. The third-order valence-electron chi connectivity index (χ3n) is 8.80. The van der Waals surface area contributed by atoms with E-state index in [1.807, 2.05) is 96.5 Å². The molecule has 1 saturated heterocycles. The number of para-hydroxylation sites is 2. The Hall–Kier alpha value is -4.94. The molecular weight excluding hydrogens is 637 g/mol. The van der Waals surface area contributed by atoms with Crippen molar-refractivity contribution in [1.29, 1.82) is 0 Å². The zero-order valence-corrected chi connectivity index (χ0v) is 28.0. The largest absolute Gasteiger partial charge is 0.392 e. The molecule has 7 rings (SSSR count). The molecule has 1 fully saturated rings. The first-order valence-electron chi connectivity index (χ1n) is 16.1. The minimum Gasteiger partial charge on any atom is -0.392 e. The van der Waals surface area contributed by atoms with Gasteiger partial charge in [0, 0.05) is 30.8 Å². The Morgan fingerprint density at radius 3 is 2.41 bits per heavy atom. The number of aliphatic hydroxyl groups is 1. The molecule has 0 unspecified atom stereocenters. The summed E-state index contributed by atoms with van der Waals surface area (Å²) >= 11 is 1.61. The Bertz CT molecular complexity index is 2050. The fourth-order valence-corrected chi connectivity index (χ4v) is 7.03. The molecule has 1 amide bonds. The van der Waals surface area contributed by atoms with E-state index in [0.717, 1.165) is 44.1 Å². The van der Waals surface area contributed by atoms with Crippen LogP contribution in [0.25, 0.3) is 22.2 Å². The molecule has 2 aromatic heterocycles. The summed E-state index contributed by atoms with van der Waals surface area (Å²) < 4.78 is 15.2. The van der Waals surface area contributed by atoms with Crippen molar-refractivity contribution in [2.45, 2.75) is 43.7 Å². The normalized spacial score (nSPS) is 19.2. The van der Waals surface area contributed by atoms with E-state index in [0.29, 0.717) is 17.8 Å². The highest BCUT2D eigenvalue weighted by Gasteiger charge is 2.38. The zero-order chi connectivity index (χ0) is 33.7. The molecule has 10 nitrogen and oxygen atoms in total. The number of fused-ring (bicyclic) bond motifs is 1. The number of rotatable bonds is 10. The second-order valence-electron chi connectivity index (χ2n) is 12.1. The maximum Gasteiger partial charge on any atom is 0.271 e. The van der Waals surface area contributed by atoms with Gasteiger partial charge in [-0.05, 0) is 39.9 Å². The fraction of sp³-hybridized carbons (Fsp3) is 0.237. The fourth-order valence-electron chi connectivity index (χ4n) is 5.98. The smallest absolute Gasteiger partial charge is 0.271 e. The van der Waals surface area contributed by atoms with Crippen LogP contribution in [0.1, 0.15) is 52.1 Å². The summed E-state index contributed by atoms with van der Waals surface area (Å²) in [6.45, 7) is 2.47. The lowest BCUT2D eigenvalue weighted by atomic mass is 9.91. The molecule has 11 heteroatoms. The Morgan fingerprint density at radius 2 is 1.65 bits per heavy atom. The van der Waals surface area contributed by atoms with Gasteiger partial charge < -0.3 is 24.5 Å². The van der Waals surface area contributed by atoms with Gasteiger partial charge in [-0.3, -0.25) is 9.78 Å². The van der Waals surface area contributed by atoms with Gasteiger partial charge in [0.25, 0.3) is 5.91 Å². The predicted octanol–water partition coefficient (Wildman–Crippen LogP) is 6.43. The van der Waals surface area contributed by atoms with Crippen LogP contribution in [0.3, 0.4) is 0 Å². The van der Waals surface area contributed by atoms with E-state index in [1.165, 1.54) is 6.20 Å². The lowest BCUT2D eigenvalue weighted by molar-refractivity contribution is -0.268. The van der Waals surface area contributed by atoms with Crippen LogP contribution in [-0.2, 0) is 29.7 Å². The summed E-state index contributed by atoms with van der Waals surface area (Å²) in [7, 11) is 1.93. The van der Waals surface area contributed by atoms with Crippen molar-refractivity contribution in [3.63, 3.8) is 0 Å². The molecule has 1 aliphatic rings. The van der Waals surface area contributed by atoms with Crippen molar-refractivity contribution in [3.8, 4) is 11.1 Å². The second-order valence-corrected chi connectivity index (χ2v) is 13.1. The van der Waals surface area contributed by atoms with E-state index in [4.69, 9.17) is 9.47 Å². The molecule has 1 aliphatic heterocycles. The van der Waals surface area contributed by atoms with Gasteiger partial charge in [0.2, 0.25) is 0 Å². The average Bonchev–Trinajstić information content (AvgIpc) is 3.57. The molecule has 49 heavy (non-hydrogen) atoms. The second kappa shape index (κ2) is 14.7. The maximum atomic E-state index is 13.0. The van der Waals surface area contributed by atoms with Crippen molar-refractivity contribution < 1.29 is 19.4 Å². The van der Waals surface area contributed by atoms with Crippen molar-refractivity contribution in [1.82, 2.24) is 30.0 Å². The van der Waals surface area contributed by atoms with Crippen LogP contribution >= 0.6 is 11.8 Å². The van der Waals surface area contributed by atoms with E-state index < -0.39 is 6.29 Å².